The molecule has 0 atom stereocenters. The van der Waals surface area contributed by atoms with E-state index in [-0.39, 0.29) is 5.43 Å². The van der Waals surface area contributed by atoms with Gasteiger partial charge in [0.1, 0.15) is 17.1 Å². The third-order valence-corrected chi connectivity index (χ3v) is 4.04. The first kappa shape index (κ1) is 16.3. The Balaban J connectivity index is 2.27. The van der Waals surface area contributed by atoms with Crippen LogP contribution in [0, 0.1) is 6.92 Å². The van der Waals surface area contributed by atoms with Crippen LogP contribution in [0.5, 0.6) is 5.75 Å². The molecule has 0 aliphatic heterocycles. The Morgan fingerprint density at radius 2 is 1.83 bits per heavy atom. The van der Waals surface area contributed by atoms with Gasteiger partial charge in [-0.25, -0.2) is 0 Å². The lowest BCUT2D eigenvalue weighted by Crippen LogP contribution is -2.13. The van der Waals surface area contributed by atoms with Crippen LogP contribution in [-0.2, 0) is 6.54 Å². The van der Waals surface area contributed by atoms with Crippen molar-refractivity contribution >= 4 is 11.0 Å². The Hall–Kier alpha value is -2.59. The number of methoxy groups -OCH3 is 1. The van der Waals surface area contributed by atoms with Crippen LogP contribution in [0.15, 0.2) is 51.7 Å². The van der Waals surface area contributed by atoms with Gasteiger partial charge in [0.2, 0.25) is 0 Å². The molecule has 0 fully saturated rings. The van der Waals surface area contributed by atoms with Crippen molar-refractivity contribution in [2.45, 2.75) is 13.5 Å². The number of hydrogen-bond acceptors (Lipinski definition) is 4. The average Bonchev–Trinajstić information content (AvgIpc) is 2.58. The van der Waals surface area contributed by atoms with Gasteiger partial charge in [0.15, 0.2) is 5.43 Å². The summed E-state index contributed by atoms with van der Waals surface area (Å²) in [6.07, 6.45) is 0. The summed E-state index contributed by atoms with van der Waals surface area (Å²) >= 11 is 0. The third-order valence-electron chi connectivity index (χ3n) is 4.04. The Labute approximate surface area is 141 Å². The lowest BCUT2D eigenvalue weighted by molar-refractivity contribution is 0.372. The Bertz CT molecular complexity index is 927. The predicted molar refractivity (Wildman–Crippen MR) is 96.6 cm³/mol. The number of rotatable bonds is 4. The molecule has 0 spiro atoms. The summed E-state index contributed by atoms with van der Waals surface area (Å²) in [6.45, 7) is 2.50. The van der Waals surface area contributed by atoms with Gasteiger partial charge in [0.05, 0.1) is 12.5 Å². The molecule has 0 saturated carbocycles. The number of nitrogens with zero attached hydrogens (tertiary/aromatic N) is 1. The number of ether oxygens (including phenoxy) is 1. The van der Waals surface area contributed by atoms with Gasteiger partial charge in [-0.15, -0.1) is 0 Å². The maximum atomic E-state index is 12.8. The second kappa shape index (κ2) is 6.49. The summed E-state index contributed by atoms with van der Waals surface area (Å²) in [5.74, 6) is 1.33. The van der Waals surface area contributed by atoms with Crippen molar-refractivity contribution in [2.24, 2.45) is 0 Å². The van der Waals surface area contributed by atoms with E-state index in [4.69, 9.17) is 9.15 Å². The van der Waals surface area contributed by atoms with Crippen LogP contribution in [-0.4, -0.2) is 26.1 Å². The molecule has 0 saturated heterocycles. The summed E-state index contributed by atoms with van der Waals surface area (Å²) in [7, 11) is 5.59. The van der Waals surface area contributed by atoms with E-state index >= 15 is 0 Å². The molecule has 0 radical (unpaired) electrons. The molecular weight excluding hydrogens is 302 g/mol. The minimum absolute atomic E-state index is 0.00207. The fraction of sp³-hybridized carbons (Fsp3) is 0.250. The first-order valence-corrected chi connectivity index (χ1v) is 7.85. The fourth-order valence-electron chi connectivity index (χ4n) is 2.88. The topological polar surface area (TPSA) is 42.7 Å². The van der Waals surface area contributed by atoms with Gasteiger partial charge in [-0.3, -0.25) is 4.79 Å². The molecule has 0 aliphatic rings. The largest absolute Gasteiger partial charge is 0.496 e. The first-order valence-electron chi connectivity index (χ1n) is 7.85. The minimum Gasteiger partial charge on any atom is -0.496 e. The summed E-state index contributed by atoms with van der Waals surface area (Å²) in [6, 6.07) is 13.4. The molecule has 0 aliphatic carbocycles. The van der Waals surface area contributed by atoms with E-state index in [9.17, 15) is 4.79 Å². The molecule has 4 heteroatoms. The van der Waals surface area contributed by atoms with Crippen LogP contribution in [0.2, 0.25) is 0 Å². The lowest BCUT2D eigenvalue weighted by Gasteiger charge is -2.15. The molecule has 3 rings (SSSR count). The number of fused-ring (bicyclic) bond motifs is 1. The number of benzene rings is 2. The van der Waals surface area contributed by atoms with E-state index < -0.39 is 0 Å². The van der Waals surface area contributed by atoms with E-state index in [2.05, 4.69) is 0 Å². The predicted octanol–water partition coefficient (Wildman–Crippen LogP) is 3.84. The van der Waals surface area contributed by atoms with Gasteiger partial charge >= 0.3 is 0 Å². The SMILES string of the molecule is COc1cc2oc(-c3ccccc3)c(C)c(=O)c2cc1CN(C)C. The van der Waals surface area contributed by atoms with Crippen molar-refractivity contribution in [3.63, 3.8) is 0 Å². The molecule has 0 bridgehead atoms. The van der Waals surface area contributed by atoms with Crippen LogP contribution in [0.3, 0.4) is 0 Å². The molecular formula is C20H21NO3. The second-order valence-electron chi connectivity index (χ2n) is 6.15. The molecule has 3 aromatic rings. The van der Waals surface area contributed by atoms with E-state index in [1.54, 1.807) is 13.2 Å². The molecule has 0 unspecified atom stereocenters. The zero-order valence-electron chi connectivity index (χ0n) is 14.4. The van der Waals surface area contributed by atoms with Crippen molar-refractivity contribution < 1.29 is 9.15 Å². The highest BCUT2D eigenvalue weighted by atomic mass is 16.5. The highest BCUT2D eigenvalue weighted by molar-refractivity contribution is 5.82. The standard InChI is InChI=1S/C20H21NO3/c1-13-19(22)16-10-15(12-21(2)3)17(23-4)11-18(16)24-20(13)14-8-6-5-7-9-14/h5-11H,12H2,1-4H3. The molecule has 0 N–H and O–H groups in total. The Morgan fingerprint density at radius 3 is 2.46 bits per heavy atom. The van der Waals surface area contributed by atoms with Gasteiger partial charge in [0.25, 0.3) is 0 Å². The Kier molecular flexibility index (Phi) is 4.40. The first-order chi connectivity index (χ1) is 11.5. The normalized spacial score (nSPS) is 11.2. The highest BCUT2D eigenvalue weighted by Gasteiger charge is 2.15. The van der Waals surface area contributed by atoms with E-state index in [1.165, 1.54) is 0 Å². The monoisotopic (exact) mass is 323 g/mol. The molecule has 24 heavy (non-hydrogen) atoms. The smallest absolute Gasteiger partial charge is 0.196 e. The molecule has 2 aromatic carbocycles. The Morgan fingerprint density at radius 1 is 1.12 bits per heavy atom. The fourth-order valence-corrected chi connectivity index (χ4v) is 2.88. The van der Waals surface area contributed by atoms with Gasteiger partial charge in [-0.05, 0) is 27.1 Å². The molecule has 4 nitrogen and oxygen atoms in total. The minimum atomic E-state index is -0.00207. The van der Waals surface area contributed by atoms with Crippen LogP contribution in [0.1, 0.15) is 11.1 Å². The second-order valence-corrected chi connectivity index (χ2v) is 6.15. The van der Waals surface area contributed by atoms with Crippen LogP contribution in [0.25, 0.3) is 22.3 Å². The van der Waals surface area contributed by atoms with Gasteiger partial charge in [-0.1, -0.05) is 30.3 Å². The lowest BCUT2D eigenvalue weighted by atomic mass is 10.0. The quantitative estimate of drug-likeness (QED) is 0.731. The molecule has 1 aromatic heterocycles. The van der Waals surface area contributed by atoms with Crippen molar-refractivity contribution in [2.75, 3.05) is 21.2 Å². The molecule has 0 amide bonds. The van der Waals surface area contributed by atoms with E-state index in [0.717, 1.165) is 16.9 Å². The van der Waals surface area contributed by atoms with Crippen LogP contribution >= 0.6 is 0 Å². The summed E-state index contributed by atoms with van der Waals surface area (Å²) in [4.78, 5) is 14.9. The van der Waals surface area contributed by atoms with E-state index in [1.807, 2.05) is 62.3 Å². The van der Waals surface area contributed by atoms with Crippen LogP contribution in [0.4, 0.5) is 0 Å². The zero-order chi connectivity index (χ0) is 17.3. The van der Waals surface area contributed by atoms with Crippen molar-refractivity contribution in [1.82, 2.24) is 4.90 Å². The van der Waals surface area contributed by atoms with Crippen molar-refractivity contribution in [3.8, 4) is 17.1 Å². The van der Waals surface area contributed by atoms with Crippen molar-refractivity contribution in [3.05, 3.63) is 63.8 Å². The number of hydrogen-bond donors (Lipinski definition) is 0. The average molecular weight is 323 g/mol. The van der Waals surface area contributed by atoms with Crippen LogP contribution < -0.4 is 10.2 Å². The zero-order valence-corrected chi connectivity index (χ0v) is 14.4. The summed E-state index contributed by atoms with van der Waals surface area (Å²) < 4.78 is 11.5. The third kappa shape index (κ3) is 2.93. The van der Waals surface area contributed by atoms with Gasteiger partial charge < -0.3 is 14.1 Å². The molecule has 124 valence electrons. The summed E-state index contributed by atoms with van der Waals surface area (Å²) in [5.41, 5.74) is 3.02. The maximum absolute atomic E-state index is 12.8. The summed E-state index contributed by atoms with van der Waals surface area (Å²) in [5, 5.41) is 0.588. The van der Waals surface area contributed by atoms with E-state index in [0.29, 0.717) is 28.8 Å². The maximum Gasteiger partial charge on any atom is 0.196 e. The van der Waals surface area contributed by atoms with Gasteiger partial charge in [-0.2, -0.15) is 0 Å². The highest BCUT2D eigenvalue weighted by Crippen LogP contribution is 2.30. The van der Waals surface area contributed by atoms with Gasteiger partial charge in [0, 0.05) is 29.3 Å². The molecule has 1 heterocycles. The van der Waals surface area contributed by atoms with Crippen molar-refractivity contribution in [1.29, 1.82) is 0 Å².